The van der Waals surface area contributed by atoms with Crippen LogP contribution in [-0.2, 0) is 42.0 Å². The Morgan fingerprint density at radius 3 is 1.36 bits per heavy atom. The molecule has 0 saturated heterocycles. The van der Waals surface area contributed by atoms with Crippen molar-refractivity contribution in [1.82, 2.24) is 9.97 Å². The summed E-state index contributed by atoms with van der Waals surface area (Å²) < 4.78 is 0. The number of nitrogens with zero attached hydrogens (tertiary/aromatic N) is 6. The summed E-state index contributed by atoms with van der Waals surface area (Å²) in [5, 5.41) is 14.8. The summed E-state index contributed by atoms with van der Waals surface area (Å²) in [6.45, 7) is 3.59. The van der Waals surface area contributed by atoms with E-state index in [1.807, 2.05) is 36.4 Å². The van der Waals surface area contributed by atoms with Crippen LogP contribution >= 0.6 is 0 Å². The Bertz CT molecular complexity index is 736. The molecular formula is C16H18ClCoN8S2. The van der Waals surface area contributed by atoms with Crippen molar-refractivity contribution in [2.45, 2.75) is 13.8 Å². The molecule has 150 valence electrons. The van der Waals surface area contributed by atoms with Gasteiger partial charge in [0.2, 0.25) is 0 Å². The van der Waals surface area contributed by atoms with Gasteiger partial charge in [-0.25, -0.2) is 0 Å². The van der Waals surface area contributed by atoms with Crippen LogP contribution in [-0.4, -0.2) is 31.7 Å². The summed E-state index contributed by atoms with van der Waals surface area (Å²) in [5.41, 5.74) is 13.2. The second-order valence-electron chi connectivity index (χ2n) is 4.68. The molecule has 0 unspecified atom stereocenters. The molecule has 0 aliphatic rings. The second-order valence-corrected chi connectivity index (χ2v) is 5.51. The molecule has 8 nitrogen and oxygen atoms in total. The Morgan fingerprint density at radius 1 is 0.750 bits per heavy atom. The first kappa shape index (κ1) is 28.0. The first-order chi connectivity index (χ1) is 12.4. The summed E-state index contributed by atoms with van der Waals surface area (Å²) in [6, 6.07) is 11.1. The van der Waals surface area contributed by atoms with Gasteiger partial charge < -0.3 is 49.1 Å². The molecule has 2 rings (SSSR count). The van der Waals surface area contributed by atoms with Crippen LogP contribution in [0.2, 0.25) is 0 Å². The van der Waals surface area contributed by atoms with Crippen LogP contribution in [0.5, 0.6) is 0 Å². The average Bonchev–Trinajstić information content (AvgIpc) is 2.66. The number of nitrogens with two attached hydrogens (primary N) is 2. The van der Waals surface area contributed by atoms with Crippen LogP contribution in [0.25, 0.3) is 0 Å². The van der Waals surface area contributed by atoms with Crippen molar-refractivity contribution in [3.63, 3.8) is 0 Å². The molecule has 2 aromatic rings. The summed E-state index contributed by atoms with van der Waals surface area (Å²) in [5.74, 6) is 0. The summed E-state index contributed by atoms with van der Waals surface area (Å²) in [4.78, 5) is 8.16. The van der Waals surface area contributed by atoms with E-state index in [9.17, 15) is 0 Å². The van der Waals surface area contributed by atoms with Gasteiger partial charge in [0.15, 0.2) is 0 Å². The molecule has 28 heavy (non-hydrogen) atoms. The Labute approximate surface area is 191 Å². The van der Waals surface area contributed by atoms with Gasteiger partial charge in [-0.15, -0.1) is 0 Å². The van der Waals surface area contributed by atoms with Gasteiger partial charge in [0.1, 0.15) is 0 Å². The van der Waals surface area contributed by atoms with Crippen molar-refractivity contribution in [3.8, 4) is 0 Å². The number of rotatable bonds is 4. The fourth-order valence-corrected chi connectivity index (χ4v) is 1.59. The first-order valence-corrected chi connectivity index (χ1v) is 8.14. The van der Waals surface area contributed by atoms with Crippen LogP contribution in [0, 0.1) is 0 Å². The van der Waals surface area contributed by atoms with Gasteiger partial charge in [0.05, 0.1) is 22.8 Å². The third-order valence-electron chi connectivity index (χ3n) is 2.67. The van der Waals surface area contributed by atoms with E-state index in [1.165, 1.54) is 0 Å². The number of hydrogen-bond donors (Lipinski definition) is 2. The maximum atomic E-state index is 5.16. The minimum Gasteiger partial charge on any atom is -1.00 e. The average molecular weight is 481 g/mol. The largest absolute Gasteiger partial charge is 3.00 e. The SMILES string of the molecule is C/C(=N\N=C(\N)[S-])c1ccccn1.C/C(=N\N=C(\N)[S-])c1ccccn1.[Cl-].[Co+3]. The van der Waals surface area contributed by atoms with Crippen molar-refractivity contribution in [1.29, 1.82) is 0 Å². The van der Waals surface area contributed by atoms with Gasteiger partial charge in [0.25, 0.3) is 0 Å². The molecule has 0 aliphatic carbocycles. The van der Waals surface area contributed by atoms with Crippen molar-refractivity contribution in [2.75, 3.05) is 0 Å². The number of hydrogen-bond acceptors (Lipinski definition) is 8. The number of aromatic nitrogens is 2. The molecule has 12 heteroatoms. The van der Waals surface area contributed by atoms with E-state index in [2.05, 4.69) is 55.6 Å². The van der Waals surface area contributed by atoms with Crippen LogP contribution in [0.4, 0.5) is 0 Å². The molecule has 0 aromatic carbocycles. The molecule has 2 aromatic heterocycles. The van der Waals surface area contributed by atoms with Crippen molar-refractivity contribution < 1.29 is 29.2 Å². The maximum Gasteiger partial charge on any atom is 3.00 e. The van der Waals surface area contributed by atoms with E-state index in [0.717, 1.165) is 11.4 Å². The number of amidine groups is 2. The van der Waals surface area contributed by atoms with Crippen LogP contribution < -0.4 is 23.9 Å². The van der Waals surface area contributed by atoms with Gasteiger partial charge >= 0.3 is 16.8 Å². The monoisotopic (exact) mass is 480 g/mol. The minimum absolute atomic E-state index is 0. The second kappa shape index (κ2) is 15.8. The van der Waals surface area contributed by atoms with E-state index in [1.54, 1.807) is 26.2 Å². The Balaban J connectivity index is 0. The number of halogens is 1. The van der Waals surface area contributed by atoms with Crippen molar-refractivity contribution in [3.05, 3.63) is 60.2 Å². The predicted octanol–water partition coefficient (Wildman–Crippen LogP) is -1.66. The third-order valence-corrected chi connectivity index (χ3v) is 2.83. The fourth-order valence-electron chi connectivity index (χ4n) is 1.50. The zero-order chi connectivity index (χ0) is 19.4. The van der Waals surface area contributed by atoms with E-state index < -0.39 is 0 Å². The molecule has 0 aliphatic heterocycles. The van der Waals surface area contributed by atoms with Crippen LogP contribution in [0.3, 0.4) is 0 Å². The molecule has 0 atom stereocenters. The Morgan fingerprint density at radius 2 is 1.11 bits per heavy atom. The standard InChI is InChI=1S/2C8H10N4S.ClH.Co/c2*1-6(11-12-8(9)13)7-4-2-3-5-10-7;;/h2*2-5H,1H3,(H3,9,12,13);1H;/q;;;+3/p-3/b2*11-6+;;. The van der Waals surface area contributed by atoms with Crippen LogP contribution in [0.1, 0.15) is 25.2 Å². The maximum absolute atomic E-state index is 5.16. The third kappa shape index (κ3) is 12.2. The van der Waals surface area contributed by atoms with Gasteiger partial charge in [-0.05, 0) is 48.4 Å². The Kier molecular flexibility index (Phi) is 15.9. The molecule has 0 fully saturated rings. The number of pyridine rings is 2. The smallest absolute Gasteiger partial charge is 1.00 e. The molecule has 0 spiro atoms. The van der Waals surface area contributed by atoms with Crippen molar-refractivity contribution >= 4 is 47.0 Å². The molecule has 4 N–H and O–H groups in total. The fraction of sp³-hybridized carbons (Fsp3) is 0.125. The summed E-state index contributed by atoms with van der Waals surface area (Å²) >= 11 is 9.10. The zero-order valence-corrected chi connectivity index (χ0v) is 18.4. The molecule has 0 bridgehead atoms. The van der Waals surface area contributed by atoms with Crippen molar-refractivity contribution in [2.24, 2.45) is 31.9 Å². The molecule has 2 heterocycles. The molecule has 0 saturated carbocycles. The van der Waals surface area contributed by atoms with E-state index in [4.69, 9.17) is 11.5 Å². The summed E-state index contributed by atoms with van der Waals surface area (Å²) in [7, 11) is 0. The normalized spacial score (nSPS) is 12.1. The van der Waals surface area contributed by atoms with E-state index in [-0.39, 0.29) is 39.5 Å². The van der Waals surface area contributed by atoms with Gasteiger partial charge in [-0.2, -0.15) is 20.4 Å². The van der Waals surface area contributed by atoms with Gasteiger partial charge in [-0.3, -0.25) is 9.97 Å². The van der Waals surface area contributed by atoms with E-state index >= 15 is 0 Å². The summed E-state index contributed by atoms with van der Waals surface area (Å²) in [6.07, 6.45) is 3.38. The topological polar surface area (TPSA) is 127 Å². The molecule has 0 radical (unpaired) electrons. The predicted molar refractivity (Wildman–Crippen MR) is 111 cm³/mol. The van der Waals surface area contributed by atoms with Crippen LogP contribution in [0.15, 0.2) is 69.2 Å². The van der Waals surface area contributed by atoms with E-state index in [0.29, 0.717) is 11.4 Å². The quantitative estimate of drug-likeness (QED) is 0.233. The first-order valence-electron chi connectivity index (χ1n) is 7.32. The Hall–Kier alpha value is -2.18. The molecular weight excluding hydrogens is 463 g/mol. The zero-order valence-electron chi connectivity index (χ0n) is 15.0. The van der Waals surface area contributed by atoms with Gasteiger partial charge in [0, 0.05) is 12.4 Å². The molecule has 0 amide bonds. The minimum atomic E-state index is 0. The van der Waals surface area contributed by atoms with Gasteiger partial charge in [-0.1, -0.05) is 12.1 Å².